The SMILES string of the molecule is CC1(C)CC=C2C1=C(I)c1ccccc12. The van der Waals surface area contributed by atoms with E-state index in [1.54, 1.807) is 5.57 Å². The molecule has 0 amide bonds. The second kappa shape index (κ2) is 2.97. The fraction of sp³-hybridized carbons (Fsp3) is 0.286. The maximum atomic E-state index is 2.50. The molecule has 3 rings (SSSR count). The number of rotatable bonds is 0. The number of benzene rings is 1. The number of fused-ring (bicyclic) bond motifs is 3. The minimum atomic E-state index is 0.324. The third-order valence-corrected chi connectivity index (χ3v) is 4.56. The van der Waals surface area contributed by atoms with Crippen molar-refractivity contribution in [3.8, 4) is 0 Å². The van der Waals surface area contributed by atoms with Crippen LogP contribution in [0.2, 0.25) is 0 Å². The van der Waals surface area contributed by atoms with Crippen LogP contribution in [0.3, 0.4) is 0 Å². The minimum absolute atomic E-state index is 0.324. The molecule has 0 atom stereocenters. The van der Waals surface area contributed by atoms with Crippen LogP contribution in [0.5, 0.6) is 0 Å². The molecule has 0 nitrogen and oxygen atoms in total. The summed E-state index contributed by atoms with van der Waals surface area (Å²) in [5.74, 6) is 0. The first-order valence-electron chi connectivity index (χ1n) is 5.32. The highest BCUT2D eigenvalue weighted by Crippen LogP contribution is 2.56. The Kier molecular flexibility index (Phi) is 1.91. The lowest BCUT2D eigenvalue weighted by molar-refractivity contribution is 0.488. The Morgan fingerprint density at radius 2 is 1.80 bits per heavy atom. The molecular formula is C14H13I. The van der Waals surface area contributed by atoms with E-state index >= 15 is 0 Å². The lowest BCUT2D eigenvalue weighted by atomic mass is 9.85. The normalized spacial score (nSPS) is 21.4. The van der Waals surface area contributed by atoms with E-state index < -0.39 is 0 Å². The van der Waals surface area contributed by atoms with Gasteiger partial charge in [-0.05, 0) is 56.7 Å². The van der Waals surface area contributed by atoms with Crippen molar-refractivity contribution in [1.29, 1.82) is 0 Å². The highest BCUT2D eigenvalue weighted by Gasteiger charge is 2.38. The first-order chi connectivity index (χ1) is 7.11. The van der Waals surface area contributed by atoms with Crippen molar-refractivity contribution >= 4 is 31.7 Å². The predicted octanol–water partition coefficient (Wildman–Crippen LogP) is 4.66. The molecule has 0 saturated carbocycles. The average molecular weight is 308 g/mol. The highest BCUT2D eigenvalue weighted by atomic mass is 127. The Balaban J connectivity index is 2.31. The van der Waals surface area contributed by atoms with Crippen LogP contribution in [0.25, 0.3) is 9.15 Å². The molecule has 1 heteroatoms. The number of halogens is 1. The first kappa shape index (κ1) is 9.64. The molecule has 1 aromatic carbocycles. The van der Waals surface area contributed by atoms with Gasteiger partial charge in [-0.25, -0.2) is 0 Å². The van der Waals surface area contributed by atoms with Gasteiger partial charge in [0.25, 0.3) is 0 Å². The second-order valence-corrected chi connectivity index (χ2v) is 6.02. The largest absolute Gasteiger partial charge is 0.0754 e. The first-order valence-corrected chi connectivity index (χ1v) is 6.40. The molecule has 0 radical (unpaired) electrons. The lowest BCUT2D eigenvalue weighted by Gasteiger charge is -2.20. The van der Waals surface area contributed by atoms with Crippen molar-refractivity contribution in [2.45, 2.75) is 20.3 Å². The summed E-state index contributed by atoms with van der Waals surface area (Å²) in [7, 11) is 0. The quantitative estimate of drug-likeness (QED) is 0.612. The molecule has 0 aromatic heterocycles. The zero-order valence-electron chi connectivity index (χ0n) is 8.97. The molecule has 0 fully saturated rings. The molecule has 0 aliphatic heterocycles. The summed E-state index contributed by atoms with van der Waals surface area (Å²) < 4.78 is 1.46. The van der Waals surface area contributed by atoms with Crippen LogP contribution in [0.1, 0.15) is 31.4 Å². The molecule has 2 aliphatic rings. The van der Waals surface area contributed by atoms with E-state index in [1.165, 1.54) is 26.7 Å². The second-order valence-electron chi connectivity index (χ2n) is 4.94. The fourth-order valence-corrected chi connectivity index (χ4v) is 4.12. The third kappa shape index (κ3) is 1.19. The monoisotopic (exact) mass is 308 g/mol. The molecular weight excluding hydrogens is 295 g/mol. The third-order valence-electron chi connectivity index (χ3n) is 3.44. The molecule has 0 heterocycles. The van der Waals surface area contributed by atoms with Crippen LogP contribution in [-0.2, 0) is 0 Å². The van der Waals surface area contributed by atoms with Crippen LogP contribution < -0.4 is 0 Å². The van der Waals surface area contributed by atoms with Crippen LogP contribution in [0.4, 0.5) is 0 Å². The maximum Gasteiger partial charge on any atom is 0.0252 e. The van der Waals surface area contributed by atoms with E-state index in [2.05, 4.69) is 66.8 Å². The van der Waals surface area contributed by atoms with E-state index in [-0.39, 0.29) is 0 Å². The van der Waals surface area contributed by atoms with Gasteiger partial charge in [-0.3, -0.25) is 0 Å². The molecule has 2 aliphatic carbocycles. The topological polar surface area (TPSA) is 0 Å². The average Bonchev–Trinajstić information content (AvgIpc) is 2.67. The van der Waals surface area contributed by atoms with Crippen LogP contribution >= 0.6 is 22.6 Å². The van der Waals surface area contributed by atoms with Gasteiger partial charge in [0, 0.05) is 3.58 Å². The summed E-state index contributed by atoms with van der Waals surface area (Å²) in [6, 6.07) is 8.75. The van der Waals surface area contributed by atoms with E-state index in [4.69, 9.17) is 0 Å². The smallest absolute Gasteiger partial charge is 0.0252 e. The molecule has 76 valence electrons. The Morgan fingerprint density at radius 3 is 2.53 bits per heavy atom. The van der Waals surface area contributed by atoms with Crippen molar-refractivity contribution in [1.82, 2.24) is 0 Å². The Bertz CT molecular complexity index is 504. The molecule has 1 aromatic rings. The summed E-state index contributed by atoms with van der Waals surface area (Å²) in [6.07, 6.45) is 3.58. The predicted molar refractivity (Wildman–Crippen MR) is 73.8 cm³/mol. The van der Waals surface area contributed by atoms with Crippen molar-refractivity contribution < 1.29 is 0 Å². The zero-order chi connectivity index (χ0) is 10.6. The van der Waals surface area contributed by atoms with Crippen molar-refractivity contribution in [3.05, 3.63) is 47.0 Å². The highest BCUT2D eigenvalue weighted by molar-refractivity contribution is 14.1. The number of hydrogen-bond acceptors (Lipinski definition) is 0. The molecule has 0 spiro atoms. The summed E-state index contributed by atoms with van der Waals surface area (Å²) in [5, 5.41) is 0. The van der Waals surface area contributed by atoms with Gasteiger partial charge in [0.15, 0.2) is 0 Å². The van der Waals surface area contributed by atoms with Gasteiger partial charge in [0.1, 0.15) is 0 Å². The number of hydrogen-bond donors (Lipinski definition) is 0. The van der Waals surface area contributed by atoms with E-state index in [0.717, 1.165) is 0 Å². The molecule has 0 bridgehead atoms. The van der Waals surface area contributed by atoms with Gasteiger partial charge in [-0.15, -0.1) is 0 Å². The van der Waals surface area contributed by atoms with E-state index in [9.17, 15) is 0 Å². The Labute approximate surface area is 104 Å². The summed E-state index contributed by atoms with van der Waals surface area (Å²) in [5.41, 5.74) is 6.23. The van der Waals surface area contributed by atoms with E-state index in [1.807, 2.05) is 0 Å². The van der Waals surface area contributed by atoms with Gasteiger partial charge >= 0.3 is 0 Å². The van der Waals surface area contributed by atoms with Gasteiger partial charge < -0.3 is 0 Å². The summed E-state index contributed by atoms with van der Waals surface area (Å²) in [4.78, 5) is 0. The van der Waals surface area contributed by atoms with Crippen LogP contribution in [0.15, 0.2) is 35.9 Å². The standard InChI is InChI=1S/C14H13I/c1-14(2)8-7-10-9-5-3-4-6-11(9)13(15)12(10)14/h3-7H,8H2,1-2H3. The van der Waals surface area contributed by atoms with Gasteiger partial charge in [0.2, 0.25) is 0 Å². The molecule has 0 saturated heterocycles. The maximum absolute atomic E-state index is 2.50. The Hall–Kier alpha value is -0.570. The van der Waals surface area contributed by atoms with Crippen molar-refractivity contribution in [3.63, 3.8) is 0 Å². The number of allylic oxidation sites excluding steroid dienone is 3. The summed E-state index contributed by atoms with van der Waals surface area (Å²) >= 11 is 2.50. The minimum Gasteiger partial charge on any atom is -0.0754 e. The van der Waals surface area contributed by atoms with Crippen LogP contribution in [0, 0.1) is 5.41 Å². The lowest BCUT2D eigenvalue weighted by Crippen LogP contribution is -2.08. The molecule has 0 unspecified atom stereocenters. The van der Waals surface area contributed by atoms with Gasteiger partial charge in [-0.1, -0.05) is 44.2 Å². The van der Waals surface area contributed by atoms with E-state index in [0.29, 0.717) is 5.41 Å². The summed E-state index contributed by atoms with van der Waals surface area (Å²) in [6.45, 7) is 4.69. The molecule has 15 heavy (non-hydrogen) atoms. The van der Waals surface area contributed by atoms with Gasteiger partial charge in [-0.2, -0.15) is 0 Å². The van der Waals surface area contributed by atoms with Crippen LogP contribution in [-0.4, -0.2) is 0 Å². The Morgan fingerprint density at radius 1 is 1.13 bits per heavy atom. The fourth-order valence-electron chi connectivity index (χ4n) is 2.63. The van der Waals surface area contributed by atoms with Gasteiger partial charge in [0.05, 0.1) is 0 Å². The van der Waals surface area contributed by atoms with Crippen molar-refractivity contribution in [2.75, 3.05) is 0 Å². The zero-order valence-corrected chi connectivity index (χ0v) is 11.1. The molecule has 0 N–H and O–H groups in total. The van der Waals surface area contributed by atoms with Crippen molar-refractivity contribution in [2.24, 2.45) is 5.41 Å².